The zero-order chi connectivity index (χ0) is 32.6. The van der Waals surface area contributed by atoms with Crippen LogP contribution < -0.4 is 9.80 Å². The molecule has 2 nitrogen and oxygen atoms in total. The van der Waals surface area contributed by atoms with Crippen molar-refractivity contribution in [2.24, 2.45) is 0 Å². The van der Waals surface area contributed by atoms with Crippen LogP contribution in [0, 0.1) is 0 Å². The molecule has 8 aromatic carbocycles. The van der Waals surface area contributed by atoms with Crippen LogP contribution in [-0.4, -0.2) is 0 Å². The van der Waals surface area contributed by atoms with Gasteiger partial charge in [0.25, 0.3) is 0 Å². The Kier molecular flexibility index (Phi) is 7.38. The Labute approximate surface area is 290 Å². The van der Waals surface area contributed by atoms with Gasteiger partial charge in [-0.05, 0) is 101 Å². The van der Waals surface area contributed by atoms with Gasteiger partial charge in [-0.15, -0.1) is 11.3 Å². The van der Waals surface area contributed by atoms with E-state index in [1.807, 2.05) is 11.3 Å². The van der Waals surface area contributed by atoms with E-state index < -0.39 is 0 Å². The standard InChI is InChI=1S/C46H32N2S/c1-4-16-36(17-5-1)47(40-28-29-46-43(32-40)41-22-12-13-23-45(41)49-46)39-26-24-33(25-27-39)42-30-34-14-10-11-15-35(34)31-44(42)48(37-18-6-2-7-19-37)38-20-8-3-9-21-38/h1-32H. The number of fused-ring (bicyclic) bond motifs is 4. The SMILES string of the molecule is c1ccc(N(c2ccc(-c3cc4ccccc4cc3N(c3ccccc3)c3ccccc3)cc2)c2ccc3sc4ccccc4c3c2)cc1. The molecule has 0 unspecified atom stereocenters. The van der Waals surface area contributed by atoms with Gasteiger partial charge in [0.05, 0.1) is 5.69 Å². The molecular weight excluding hydrogens is 613 g/mol. The van der Waals surface area contributed by atoms with Crippen LogP contribution in [0.5, 0.6) is 0 Å². The molecule has 9 aromatic rings. The van der Waals surface area contributed by atoms with E-state index in [2.05, 4.69) is 204 Å². The number of para-hydroxylation sites is 3. The minimum atomic E-state index is 1.11. The molecule has 0 aliphatic rings. The molecule has 0 fully saturated rings. The van der Waals surface area contributed by atoms with Crippen molar-refractivity contribution in [3.05, 3.63) is 194 Å². The van der Waals surface area contributed by atoms with Crippen molar-refractivity contribution in [3.8, 4) is 11.1 Å². The first-order chi connectivity index (χ1) is 24.3. The molecule has 0 bridgehead atoms. The molecule has 49 heavy (non-hydrogen) atoms. The molecule has 3 heteroatoms. The molecule has 0 amide bonds. The van der Waals surface area contributed by atoms with E-state index in [9.17, 15) is 0 Å². The zero-order valence-electron chi connectivity index (χ0n) is 26.8. The van der Waals surface area contributed by atoms with Gasteiger partial charge in [0, 0.05) is 54.2 Å². The predicted molar refractivity (Wildman–Crippen MR) is 212 cm³/mol. The van der Waals surface area contributed by atoms with Gasteiger partial charge in [-0.3, -0.25) is 0 Å². The summed E-state index contributed by atoms with van der Waals surface area (Å²) in [6.45, 7) is 0. The second-order valence-electron chi connectivity index (χ2n) is 12.2. The van der Waals surface area contributed by atoms with Crippen molar-refractivity contribution < 1.29 is 0 Å². The van der Waals surface area contributed by atoms with Crippen LogP contribution in [0.4, 0.5) is 34.1 Å². The van der Waals surface area contributed by atoms with Crippen molar-refractivity contribution in [1.82, 2.24) is 0 Å². The Morgan fingerprint density at radius 1 is 0.327 bits per heavy atom. The van der Waals surface area contributed by atoms with Crippen LogP contribution in [0.3, 0.4) is 0 Å². The largest absolute Gasteiger partial charge is 0.310 e. The summed E-state index contributed by atoms with van der Waals surface area (Å²) in [5.41, 5.74) is 9.09. The Morgan fingerprint density at radius 3 is 1.47 bits per heavy atom. The third-order valence-corrected chi connectivity index (χ3v) is 10.4. The van der Waals surface area contributed by atoms with E-state index in [0.717, 1.165) is 39.7 Å². The van der Waals surface area contributed by atoms with Crippen molar-refractivity contribution in [2.45, 2.75) is 0 Å². The first-order valence-corrected chi connectivity index (χ1v) is 17.4. The highest BCUT2D eigenvalue weighted by Gasteiger charge is 2.19. The van der Waals surface area contributed by atoms with Gasteiger partial charge in [-0.2, -0.15) is 0 Å². The number of benzene rings is 8. The Hall–Kier alpha value is -6.16. The Balaban J connectivity index is 1.20. The van der Waals surface area contributed by atoms with Gasteiger partial charge in [0.2, 0.25) is 0 Å². The second kappa shape index (κ2) is 12.5. The molecule has 1 heterocycles. The minimum absolute atomic E-state index is 1.11. The van der Waals surface area contributed by atoms with Crippen LogP contribution in [-0.2, 0) is 0 Å². The van der Waals surface area contributed by atoms with E-state index in [1.165, 1.54) is 36.5 Å². The highest BCUT2D eigenvalue weighted by molar-refractivity contribution is 7.25. The van der Waals surface area contributed by atoms with Crippen molar-refractivity contribution in [2.75, 3.05) is 9.80 Å². The molecule has 0 N–H and O–H groups in total. The molecule has 0 aliphatic heterocycles. The lowest BCUT2D eigenvalue weighted by Crippen LogP contribution is -2.11. The molecular formula is C46H32N2S. The van der Waals surface area contributed by atoms with Gasteiger partial charge >= 0.3 is 0 Å². The van der Waals surface area contributed by atoms with Crippen LogP contribution in [0.15, 0.2) is 194 Å². The fourth-order valence-corrected chi connectivity index (χ4v) is 7.98. The predicted octanol–water partition coefficient (Wildman–Crippen LogP) is 13.8. The van der Waals surface area contributed by atoms with Gasteiger partial charge < -0.3 is 9.80 Å². The summed E-state index contributed by atoms with van der Waals surface area (Å²) >= 11 is 1.85. The summed E-state index contributed by atoms with van der Waals surface area (Å²) in [6.07, 6.45) is 0. The zero-order valence-corrected chi connectivity index (χ0v) is 27.6. The summed E-state index contributed by atoms with van der Waals surface area (Å²) in [5, 5.41) is 5.02. The smallest absolute Gasteiger partial charge is 0.0546 e. The van der Waals surface area contributed by atoms with Gasteiger partial charge in [-0.25, -0.2) is 0 Å². The molecule has 232 valence electrons. The van der Waals surface area contributed by atoms with E-state index in [-0.39, 0.29) is 0 Å². The summed E-state index contributed by atoms with van der Waals surface area (Å²) in [4.78, 5) is 4.73. The summed E-state index contributed by atoms with van der Waals surface area (Å²) in [6, 6.07) is 69.9. The number of anilines is 6. The number of rotatable bonds is 7. The van der Waals surface area contributed by atoms with E-state index >= 15 is 0 Å². The molecule has 9 rings (SSSR count). The number of nitrogens with zero attached hydrogens (tertiary/aromatic N) is 2. The van der Waals surface area contributed by atoms with E-state index in [1.54, 1.807) is 0 Å². The lowest BCUT2D eigenvalue weighted by molar-refractivity contribution is 1.28. The number of thiophene rings is 1. The van der Waals surface area contributed by atoms with Crippen LogP contribution in [0.25, 0.3) is 42.1 Å². The monoisotopic (exact) mass is 644 g/mol. The van der Waals surface area contributed by atoms with E-state index in [4.69, 9.17) is 0 Å². The fraction of sp³-hybridized carbons (Fsp3) is 0. The van der Waals surface area contributed by atoms with Gasteiger partial charge in [0.1, 0.15) is 0 Å². The lowest BCUT2D eigenvalue weighted by atomic mass is 9.97. The Bertz CT molecular complexity index is 2500. The molecule has 0 atom stereocenters. The maximum Gasteiger partial charge on any atom is 0.0546 e. The minimum Gasteiger partial charge on any atom is -0.310 e. The van der Waals surface area contributed by atoms with Crippen molar-refractivity contribution >= 4 is 76.4 Å². The molecule has 0 saturated heterocycles. The third kappa shape index (κ3) is 5.41. The topological polar surface area (TPSA) is 6.48 Å². The first-order valence-electron chi connectivity index (χ1n) is 16.6. The molecule has 0 saturated carbocycles. The quantitative estimate of drug-likeness (QED) is 0.170. The fourth-order valence-electron chi connectivity index (χ4n) is 6.89. The first kappa shape index (κ1) is 29.0. The molecule has 0 spiro atoms. The number of hydrogen-bond acceptors (Lipinski definition) is 3. The maximum absolute atomic E-state index is 2.37. The summed E-state index contributed by atoms with van der Waals surface area (Å²) in [5.74, 6) is 0. The van der Waals surface area contributed by atoms with Crippen molar-refractivity contribution in [3.63, 3.8) is 0 Å². The van der Waals surface area contributed by atoms with Crippen LogP contribution in [0.1, 0.15) is 0 Å². The van der Waals surface area contributed by atoms with Gasteiger partial charge in [-0.1, -0.05) is 109 Å². The van der Waals surface area contributed by atoms with Gasteiger partial charge in [0.15, 0.2) is 0 Å². The lowest BCUT2D eigenvalue weighted by Gasteiger charge is -2.29. The molecule has 1 aromatic heterocycles. The number of hydrogen-bond donors (Lipinski definition) is 0. The molecule has 0 radical (unpaired) electrons. The normalized spacial score (nSPS) is 11.3. The highest BCUT2D eigenvalue weighted by Crippen LogP contribution is 2.44. The van der Waals surface area contributed by atoms with Crippen LogP contribution >= 0.6 is 11.3 Å². The molecule has 0 aliphatic carbocycles. The maximum atomic E-state index is 2.37. The average molecular weight is 645 g/mol. The van der Waals surface area contributed by atoms with E-state index in [0.29, 0.717) is 0 Å². The summed E-state index contributed by atoms with van der Waals surface area (Å²) < 4.78 is 2.62. The second-order valence-corrected chi connectivity index (χ2v) is 13.3. The highest BCUT2D eigenvalue weighted by atomic mass is 32.1. The average Bonchev–Trinajstić information content (AvgIpc) is 3.55. The van der Waals surface area contributed by atoms with Crippen molar-refractivity contribution in [1.29, 1.82) is 0 Å². The van der Waals surface area contributed by atoms with Crippen LogP contribution in [0.2, 0.25) is 0 Å². The third-order valence-electron chi connectivity index (χ3n) is 9.20. The Morgan fingerprint density at radius 2 is 0.816 bits per heavy atom. The summed E-state index contributed by atoms with van der Waals surface area (Å²) in [7, 11) is 0.